The van der Waals surface area contributed by atoms with E-state index in [1.54, 1.807) is 6.92 Å². The molecule has 0 aliphatic heterocycles. The first kappa shape index (κ1) is 13.4. The van der Waals surface area contributed by atoms with Crippen LogP contribution in [-0.4, -0.2) is 36.1 Å². The molecule has 0 aromatic carbocycles. The Bertz CT molecular complexity index is 194. The predicted octanol–water partition coefficient (Wildman–Crippen LogP) is 2.07. The molecule has 0 saturated heterocycles. The van der Waals surface area contributed by atoms with E-state index in [1.165, 1.54) is 0 Å². The summed E-state index contributed by atoms with van der Waals surface area (Å²) < 4.78 is 0. The van der Waals surface area contributed by atoms with E-state index in [0.717, 1.165) is 0 Å². The van der Waals surface area contributed by atoms with Crippen LogP contribution in [0.25, 0.3) is 0 Å². The van der Waals surface area contributed by atoms with E-state index in [9.17, 15) is 4.79 Å². The number of carboxylic acid groups (broad SMARTS) is 1. The molecule has 0 aliphatic rings. The van der Waals surface area contributed by atoms with E-state index in [1.807, 2.05) is 14.1 Å². The molecule has 0 radical (unpaired) electrons. The average molecular weight is 201 g/mol. The largest absolute Gasteiger partial charge is 0.481 e. The van der Waals surface area contributed by atoms with Crippen molar-refractivity contribution in [3.05, 3.63) is 0 Å². The summed E-state index contributed by atoms with van der Waals surface area (Å²) in [5.41, 5.74) is 0.118. The Morgan fingerprint density at radius 2 is 1.79 bits per heavy atom. The second-order valence-electron chi connectivity index (χ2n) is 5.32. The highest BCUT2D eigenvalue weighted by Gasteiger charge is 2.29. The van der Waals surface area contributed by atoms with Crippen molar-refractivity contribution in [3.63, 3.8) is 0 Å². The lowest BCUT2D eigenvalue weighted by molar-refractivity contribution is -0.142. The van der Waals surface area contributed by atoms with Crippen LogP contribution < -0.4 is 0 Å². The van der Waals surface area contributed by atoms with Crippen molar-refractivity contribution in [1.82, 2.24) is 4.90 Å². The lowest BCUT2D eigenvalue weighted by Crippen LogP contribution is -2.41. The van der Waals surface area contributed by atoms with E-state index < -0.39 is 5.97 Å². The smallest absolute Gasteiger partial charge is 0.306 e. The molecule has 0 heterocycles. The van der Waals surface area contributed by atoms with Gasteiger partial charge >= 0.3 is 5.97 Å². The molecule has 0 rings (SSSR count). The average Bonchev–Trinajstić information content (AvgIpc) is 1.96. The molecule has 2 unspecified atom stereocenters. The molecule has 0 aliphatic carbocycles. The second-order valence-corrected chi connectivity index (χ2v) is 5.32. The van der Waals surface area contributed by atoms with E-state index in [2.05, 4.69) is 25.7 Å². The fourth-order valence-electron chi connectivity index (χ4n) is 1.77. The van der Waals surface area contributed by atoms with Crippen LogP contribution in [0.5, 0.6) is 0 Å². The van der Waals surface area contributed by atoms with Gasteiger partial charge in [-0.1, -0.05) is 27.7 Å². The van der Waals surface area contributed by atoms with Crippen molar-refractivity contribution in [2.75, 3.05) is 14.1 Å². The van der Waals surface area contributed by atoms with E-state index in [4.69, 9.17) is 5.11 Å². The molecule has 0 aromatic heterocycles. The third-order valence-corrected chi connectivity index (χ3v) is 2.62. The molecule has 14 heavy (non-hydrogen) atoms. The van der Waals surface area contributed by atoms with E-state index >= 15 is 0 Å². The quantitative estimate of drug-likeness (QED) is 0.757. The second kappa shape index (κ2) is 4.78. The van der Waals surface area contributed by atoms with Gasteiger partial charge in [-0.15, -0.1) is 0 Å². The van der Waals surface area contributed by atoms with Crippen molar-refractivity contribution in [1.29, 1.82) is 0 Å². The first-order valence-corrected chi connectivity index (χ1v) is 5.05. The van der Waals surface area contributed by atoms with E-state index in [-0.39, 0.29) is 11.3 Å². The van der Waals surface area contributed by atoms with E-state index in [0.29, 0.717) is 12.5 Å². The maximum absolute atomic E-state index is 10.8. The van der Waals surface area contributed by atoms with Crippen molar-refractivity contribution >= 4 is 5.97 Å². The highest BCUT2D eigenvalue weighted by molar-refractivity contribution is 5.69. The van der Waals surface area contributed by atoms with Crippen LogP contribution in [0.4, 0.5) is 0 Å². The Balaban J connectivity index is 4.47. The van der Waals surface area contributed by atoms with Crippen LogP contribution in [0, 0.1) is 11.3 Å². The summed E-state index contributed by atoms with van der Waals surface area (Å²) in [5, 5.41) is 8.86. The third kappa shape index (κ3) is 4.09. The molecule has 0 spiro atoms. The molecule has 0 saturated carbocycles. The number of hydrogen-bond acceptors (Lipinski definition) is 2. The zero-order chi connectivity index (χ0) is 11.5. The van der Waals surface area contributed by atoms with Gasteiger partial charge in [-0.25, -0.2) is 0 Å². The van der Waals surface area contributed by atoms with Gasteiger partial charge in [0, 0.05) is 6.04 Å². The van der Waals surface area contributed by atoms with Crippen LogP contribution in [0.15, 0.2) is 0 Å². The highest BCUT2D eigenvalue weighted by atomic mass is 16.4. The molecular formula is C11H23NO2. The zero-order valence-corrected chi connectivity index (χ0v) is 10.2. The Morgan fingerprint density at radius 3 is 2.00 bits per heavy atom. The number of carbonyl (C=O) groups is 1. The number of aliphatic carboxylic acids is 1. The molecule has 3 heteroatoms. The van der Waals surface area contributed by atoms with Crippen molar-refractivity contribution in [3.8, 4) is 0 Å². The monoisotopic (exact) mass is 201 g/mol. The molecule has 3 nitrogen and oxygen atoms in total. The summed E-state index contributed by atoms with van der Waals surface area (Å²) in [4.78, 5) is 12.9. The Labute approximate surface area is 87.1 Å². The molecule has 0 amide bonds. The normalized spacial score (nSPS) is 16.8. The SMILES string of the molecule is CC(CC(N(C)C)C(C)(C)C)C(=O)O. The fraction of sp³-hybridized carbons (Fsp3) is 0.909. The summed E-state index contributed by atoms with van der Waals surface area (Å²) in [7, 11) is 4.01. The lowest BCUT2D eigenvalue weighted by atomic mass is 9.81. The van der Waals surface area contributed by atoms with Gasteiger partial charge in [0.2, 0.25) is 0 Å². The molecule has 1 N–H and O–H groups in total. The summed E-state index contributed by atoms with van der Waals surface area (Å²) in [5.74, 6) is -0.984. The maximum Gasteiger partial charge on any atom is 0.306 e. The molecule has 0 aromatic rings. The van der Waals surface area contributed by atoms with Crippen LogP contribution in [0.1, 0.15) is 34.1 Å². The highest BCUT2D eigenvalue weighted by Crippen LogP contribution is 2.28. The molecule has 0 fully saturated rings. The zero-order valence-electron chi connectivity index (χ0n) is 10.2. The standard InChI is InChI=1S/C11H23NO2/c1-8(10(13)14)7-9(12(5)6)11(2,3)4/h8-9H,7H2,1-6H3,(H,13,14). The molecule has 84 valence electrons. The van der Waals surface area contributed by atoms with Gasteiger partial charge in [-0.3, -0.25) is 4.79 Å². The fourth-order valence-corrected chi connectivity index (χ4v) is 1.77. The van der Waals surface area contributed by atoms with Gasteiger partial charge in [-0.2, -0.15) is 0 Å². The number of carboxylic acids is 1. The van der Waals surface area contributed by atoms with Gasteiger partial charge in [0.25, 0.3) is 0 Å². The Kier molecular flexibility index (Phi) is 4.59. The molecule has 2 atom stereocenters. The van der Waals surface area contributed by atoms with Gasteiger partial charge in [0.05, 0.1) is 5.92 Å². The first-order chi connectivity index (χ1) is 6.16. The third-order valence-electron chi connectivity index (χ3n) is 2.62. The summed E-state index contributed by atoms with van der Waals surface area (Å²) in [6.07, 6.45) is 0.700. The minimum atomic E-state index is -0.707. The summed E-state index contributed by atoms with van der Waals surface area (Å²) in [6.45, 7) is 8.20. The minimum Gasteiger partial charge on any atom is -0.481 e. The Morgan fingerprint density at radius 1 is 1.36 bits per heavy atom. The lowest BCUT2D eigenvalue weighted by Gasteiger charge is -2.37. The van der Waals surface area contributed by atoms with Gasteiger partial charge in [0.15, 0.2) is 0 Å². The van der Waals surface area contributed by atoms with Gasteiger partial charge in [-0.05, 0) is 25.9 Å². The molecule has 0 bridgehead atoms. The first-order valence-electron chi connectivity index (χ1n) is 5.05. The van der Waals surface area contributed by atoms with Crippen LogP contribution in [0.3, 0.4) is 0 Å². The van der Waals surface area contributed by atoms with Crippen molar-refractivity contribution in [2.45, 2.75) is 40.2 Å². The van der Waals surface area contributed by atoms with Crippen LogP contribution in [-0.2, 0) is 4.79 Å². The van der Waals surface area contributed by atoms with Gasteiger partial charge in [0.1, 0.15) is 0 Å². The van der Waals surface area contributed by atoms with Crippen molar-refractivity contribution in [2.24, 2.45) is 11.3 Å². The predicted molar refractivity (Wildman–Crippen MR) is 58.3 cm³/mol. The number of nitrogens with zero attached hydrogens (tertiary/aromatic N) is 1. The van der Waals surface area contributed by atoms with Crippen LogP contribution >= 0.6 is 0 Å². The number of hydrogen-bond donors (Lipinski definition) is 1. The topological polar surface area (TPSA) is 40.5 Å². The van der Waals surface area contributed by atoms with Crippen molar-refractivity contribution < 1.29 is 9.90 Å². The van der Waals surface area contributed by atoms with Gasteiger partial charge < -0.3 is 10.0 Å². The molecular weight excluding hydrogens is 178 g/mol. The van der Waals surface area contributed by atoms with Crippen LogP contribution in [0.2, 0.25) is 0 Å². The minimum absolute atomic E-state index is 0.118. The summed E-state index contributed by atoms with van der Waals surface area (Å²) >= 11 is 0. The maximum atomic E-state index is 10.8. The Hall–Kier alpha value is -0.570. The summed E-state index contributed by atoms with van der Waals surface area (Å²) in [6, 6.07) is 0.300. The number of rotatable bonds is 4.